The van der Waals surface area contributed by atoms with Gasteiger partial charge >= 0.3 is 5.97 Å². The zero-order valence-electron chi connectivity index (χ0n) is 32.7. The van der Waals surface area contributed by atoms with Crippen LogP contribution >= 0.6 is 23.7 Å². The molecule has 0 unspecified atom stereocenters. The number of aromatic nitrogens is 1. The van der Waals surface area contributed by atoms with Crippen LogP contribution < -0.4 is 11.1 Å². The number of halogens is 1. The first kappa shape index (κ1) is 45.3. The van der Waals surface area contributed by atoms with Crippen molar-refractivity contribution in [1.82, 2.24) is 20.1 Å². The number of methoxy groups -OCH3 is 1. The summed E-state index contributed by atoms with van der Waals surface area (Å²) in [4.78, 5) is 61.9. The molecule has 0 saturated carbocycles. The Balaban J connectivity index is 0.00000936. The zero-order chi connectivity index (χ0) is 38.3. The lowest BCUT2D eigenvalue weighted by atomic mass is 9.86. The minimum atomic E-state index is -2.23. The number of hydrogen-bond acceptors (Lipinski definition) is 10. The van der Waals surface area contributed by atoms with E-state index in [0.717, 1.165) is 16.1 Å². The molecule has 1 saturated heterocycles. The van der Waals surface area contributed by atoms with E-state index < -0.39 is 37.8 Å². The number of aryl methyl sites for hydroxylation is 1. The molecule has 1 fully saturated rings. The van der Waals surface area contributed by atoms with Crippen molar-refractivity contribution in [3.63, 3.8) is 0 Å². The molecule has 3 rings (SSSR count). The van der Waals surface area contributed by atoms with Crippen LogP contribution in [0.2, 0.25) is 18.1 Å². The first-order chi connectivity index (χ1) is 23.7. The third-order valence-corrected chi connectivity index (χ3v) is 15.5. The maximum absolute atomic E-state index is 14.2. The van der Waals surface area contributed by atoms with Gasteiger partial charge in [-0.3, -0.25) is 19.2 Å². The van der Waals surface area contributed by atoms with E-state index in [1.165, 1.54) is 16.2 Å². The molecule has 12 nitrogen and oxygen atoms in total. The molecule has 15 heteroatoms. The number of nitrogens with one attached hydrogen (secondary N) is 1. The third-order valence-electron chi connectivity index (χ3n) is 9.96. The summed E-state index contributed by atoms with van der Waals surface area (Å²) in [5.74, 6) is -1.45. The van der Waals surface area contributed by atoms with Gasteiger partial charge in [0, 0.05) is 40.1 Å². The van der Waals surface area contributed by atoms with Gasteiger partial charge in [0.05, 0.1) is 47.3 Å². The average molecular weight is 783 g/mol. The summed E-state index contributed by atoms with van der Waals surface area (Å²) >= 11 is 1.54. The fourth-order valence-electron chi connectivity index (χ4n) is 5.45. The van der Waals surface area contributed by atoms with Gasteiger partial charge < -0.3 is 34.8 Å². The number of hydrogen-bond donors (Lipinski definition) is 2. The van der Waals surface area contributed by atoms with Crippen LogP contribution in [0.25, 0.3) is 10.4 Å². The Kier molecular flexibility index (Phi) is 16.5. The van der Waals surface area contributed by atoms with E-state index in [1.54, 1.807) is 24.6 Å². The minimum Gasteiger partial charge on any atom is -0.463 e. The second-order valence-electron chi connectivity index (χ2n) is 16.0. The standard InChI is InChI=1S/C37H59N5O7SSi.ClH/c1-24-32(50-23-39-24)26-14-12-25(13-15-26)28(22-48-31(44)17-16-30(43)41(8)18-19-47-9)40-34(45)29-20-27(49-51(10,11)37(5,6)7)21-42(29)35(46)33(38)36(2,3)4;/h12-15,23,27-29,33H,16-22,38H2,1-11H3,(H,40,45);1H/t27-,28+,29+,33-;/m1./s1. The number of carbonyl (C=O) groups excluding carboxylic acids is 4. The fourth-order valence-corrected chi connectivity index (χ4v) is 7.62. The molecule has 0 radical (unpaired) electrons. The molecule has 1 aromatic heterocycles. The third kappa shape index (κ3) is 12.1. The highest BCUT2D eigenvalue weighted by Gasteiger charge is 2.47. The molecule has 292 valence electrons. The summed E-state index contributed by atoms with van der Waals surface area (Å²) in [6.07, 6.45) is -0.143. The normalized spacial score (nSPS) is 17.6. The Hall–Kier alpha value is -2.88. The largest absolute Gasteiger partial charge is 0.463 e. The van der Waals surface area contributed by atoms with Crippen LogP contribution in [0.15, 0.2) is 29.8 Å². The van der Waals surface area contributed by atoms with Crippen molar-refractivity contribution in [3.05, 3.63) is 41.0 Å². The number of ether oxygens (including phenoxy) is 2. The van der Waals surface area contributed by atoms with Crippen molar-refractivity contribution in [3.8, 4) is 10.4 Å². The van der Waals surface area contributed by atoms with E-state index in [-0.39, 0.29) is 67.3 Å². The molecule has 0 bridgehead atoms. The van der Waals surface area contributed by atoms with Crippen molar-refractivity contribution in [2.75, 3.05) is 40.5 Å². The Bertz CT molecular complexity index is 1510. The van der Waals surface area contributed by atoms with Gasteiger partial charge in [-0.15, -0.1) is 23.7 Å². The smallest absolute Gasteiger partial charge is 0.306 e. The molecule has 0 aliphatic carbocycles. The van der Waals surface area contributed by atoms with Gasteiger partial charge in [-0.2, -0.15) is 0 Å². The average Bonchev–Trinajstić information content (AvgIpc) is 3.68. The van der Waals surface area contributed by atoms with Crippen LogP contribution in [0.3, 0.4) is 0 Å². The summed E-state index contributed by atoms with van der Waals surface area (Å²) in [6, 6.07) is 5.28. The van der Waals surface area contributed by atoms with Crippen molar-refractivity contribution >= 4 is 55.8 Å². The monoisotopic (exact) mass is 781 g/mol. The maximum atomic E-state index is 14.2. The van der Waals surface area contributed by atoms with Crippen molar-refractivity contribution < 1.29 is 33.1 Å². The molecule has 2 aromatic rings. The Labute approximate surface area is 321 Å². The number of benzene rings is 1. The van der Waals surface area contributed by atoms with E-state index >= 15 is 0 Å². The number of nitrogens with two attached hydrogens (primary N) is 1. The summed E-state index contributed by atoms with van der Waals surface area (Å²) in [7, 11) is 0.984. The molecule has 1 aliphatic rings. The summed E-state index contributed by atoms with van der Waals surface area (Å²) in [5, 5.41) is 3.02. The Morgan fingerprint density at radius 2 is 1.73 bits per heavy atom. The summed E-state index contributed by atoms with van der Waals surface area (Å²) in [5.41, 5.74) is 10.3. The van der Waals surface area contributed by atoms with E-state index in [9.17, 15) is 19.2 Å². The van der Waals surface area contributed by atoms with E-state index in [1.807, 2.05) is 52.0 Å². The molecule has 1 aromatic carbocycles. The van der Waals surface area contributed by atoms with Crippen molar-refractivity contribution in [1.29, 1.82) is 0 Å². The van der Waals surface area contributed by atoms with E-state index in [4.69, 9.17) is 19.6 Å². The number of likely N-dealkylation sites (tertiary alicyclic amines) is 1. The number of likely N-dealkylation sites (N-methyl/N-ethyl adjacent to an activating group) is 1. The molecule has 0 spiro atoms. The van der Waals surface area contributed by atoms with Gasteiger partial charge in [0.2, 0.25) is 17.7 Å². The van der Waals surface area contributed by atoms with E-state index in [0.29, 0.717) is 25.1 Å². The lowest BCUT2D eigenvalue weighted by molar-refractivity contribution is -0.147. The quantitative estimate of drug-likeness (QED) is 0.177. The maximum Gasteiger partial charge on any atom is 0.306 e. The van der Waals surface area contributed by atoms with Crippen molar-refractivity contribution in [2.24, 2.45) is 11.1 Å². The van der Waals surface area contributed by atoms with Gasteiger partial charge in [-0.05, 0) is 41.6 Å². The zero-order valence-corrected chi connectivity index (χ0v) is 35.4. The van der Waals surface area contributed by atoms with Gasteiger partial charge in [0.1, 0.15) is 12.6 Å². The topological polar surface area (TPSA) is 153 Å². The lowest BCUT2D eigenvalue weighted by Crippen LogP contribution is -2.55. The number of carbonyl (C=O) groups is 4. The predicted molar refractivity (Wildman–Crippen MR) is 210 cm³/mol. The Morgan fingerprint density at radius 1 is 1.10 bits per heavy atom. The van der Waals surface area contributed by atoms with Gasteiger partial charge in [-0.25, -0.2) is 4.98 Å². The molecule has 3 N–H and O–H groups in total. The van der Waals surface area contributed by atoms with Crippen LogP contribution in [0.5, 0.6) is 0 Å². The Morgan fingerprint density at radius 3 is 2.27 bits per heavy atom. The SMILES string of the molecule is COCCN(C)C(=O)CCC(=O)OC[C@H](NC(=O)[C@@H]1C[C@@H](O[Si](C)(C)C(C)(C)C)CN1C(=O)[C@@H](N)C(C)(C)C)c1ccc(-c2scnc2C)cc1.Cl. The first-order valence-electron chi connectivity index (χ1n) is 17.6. The number of esters is 1. The van der Waals surface area contributed by atoms with Crippen LogP contribution in [0, 0.1) is 12.3 Å². The second kappa shape index (κ2) is 18.9. The summed E-state index contributed by atoms with van der Waals surface area (Å²) < 4.78 is 17.4. The second-order valence-corrected chi connectivity index (χ2v) is 21.6. The van der Waals surface area contributed by atoms with E-state index in [2.05, 4.69) is 44.2 Å². The highest BCUT2D eigenvalue weighted by Crippen LogP contribution is 2.39. The summed E-state index contributed by atoms with van der Waals surface area (Å²) in [6.45, 7) is 19.3. The first-order valence-corrected chi connectivity index (χ1v) is 21.4. The predicted octanol–water partition coefficient (Wildman–Crippen LogP) is 5.49. The molecule has 2 heterocycles. The van der Waals surface area contributed by atoms with Gasteiger partial charge in [-0.1, -0.05) is 65.8 Å². The molecule has 4 atom stereocenters. The van der Waals surface area contributed by atoms with Gasteiger partial charge in [0.15, 0.2) is 8.32 Å². The number of nitrogens with zero attached hydrogens (tertiary/aromatic N) is 3. The van der Waals surface area contributed by atoms with Crippen LogP contribution in [0.4, 0.5) is 0 Å². The lowest BCUT2D eigenvalue weighted by Gasteiger charge is -2.38. The van der Waals surface area contributed by atoms with Crippen molar-refractivity contribution in [2.45, 2.75) is 110 Å². The van der Waals surface area contributed by atoms with Crippen LogP contribution in [-0.2, 0) is 33.1 Å². The molecular formula is C37H60ClN5O7SSi. The number of rotatable bonds is 15. The fraction of sp³-hybridized carbons (Fsp3) is 0.649. The number of amides is 3. The highest BCUT2D eigenvalue weighted by molar-refractivity contribution is 7.13. The highest BCUT2D eigenvalue weighted by atomic mass is 35.5. The molecule has 52 heavy (non-hydrogen) atoms. The minimum absolute atomic E-state index is 0. The van der Waals surface area contributed by atoms with Crippen LogP contribution in [0.1, 0.15) is 78.1 Å². The number of thiazole rings is 1. The molecular weight excluding hydrogens is 722 g/mol. The molecule has 1 aliphatic heterocycles. The molecule has 3 amide bonds. The van der Waals surface area contributed by atoms with Gasteiger partial charge in [0.25, 0.3) is 0 Å². The van der Waals surface area contributed by atoms with Crippen LogP contribution in [-0.4, -0.2) is 105 Å².